The largest absolute Gasteiger partial charge is 0.508 e. The van der Waals surface area contributed by atoms with Crippen molar-refractivity contribution in [1.82, 2.24) is 4.90 Å². The summed E-state index contributed by atoms with van der Waals surface area (Å²) in [6.07, 6.45) is -0.0894. The van der Waals surface area contributed by atoms with Gasteiger partial charge >= 0.3 is 5.63 Å². The summed E-state index contributed by atoms with van der Waals surface area (Å²) in [5.74, 6) is -0.529. The highest BCUT2D eigenvalue weighted by Crippen LogP contribution is 2.32. The number of phenolic OH excluding ortho intramolecular Hbond substituents is 2. The van der Waals surface area contributed by atoms with Crippen LogP contribution >= 0.6 is 0 Å². The molecule has 1 saturated heterocycles. The number of rotatable bonds is 3. The van der Waals surface area contributed by atoms with E-state index in [4.69, 9.17) is 4.42 Å². The van der Waals surface area contributed by atoms with Gasteiger partial charge in [-0.25, -0.2) is 4.79 Å². The number of fused-ring (bicyclic) bond motifs is 1. The smallest absolute Gasteiger partial charge is 0.340 e. The summed E-state index contributed by atoms with van der Waals surface area (Å²) < 4.78 is 5.27. The molecule has 7 heteroatoms. The molecular formula is C24H26N2O5. The van der Waals surface area contributed by atoms with Crippen molar-refractivity contribution in [1.29, 1.82) is 0 Å². The van der Waals surface area contributed by atoms with Crippen molar-refractivity contribution < 1.29 is 19.4 Å². The van der Waals surface area contributed by atoms with E-state index in [1.165, 1.54) is 28.9 Å². The summed E-state index contributed by atoms with van der Waals surface area (Å²) in [5.41, 5.74) is 3.87. The van der Waals surface area contributed by atoms with Crippen LogP contribution in [0.1, 0.15) is 22.3 Å². The van der Waals surface area contributed by atoms with Crippen molar-refractivity contribution in [2.45, 2.75) is 27.2 Å². The standard InChI is InChI=1S/C24H26N2O5/c1-14-5-4-6-19(15(14)2)25-7-9-26(10-8-25)22(29)13-18-16(3)23-20(28)11-17(27)12-21(23)31-24(18)30/h4-6,11-12,27-28H,7-10,13H2,1-3H3. The Bertz CT molecular complexity index is 1220. The highest BCUT2D eigenvalue weighted by Gasteiger charge is 2.25. The zero-order chi connectivity index (χ0) is 22.3. The number of phenols is 2. The van der Waals surface area contributed by atoms with Crippen molar-refractivity contribution in [3.63, 3.8) is 0 Å². The maximum Gasteiger partial charge on any atom is 0.340 e. The molecule has 1 amide bonds. The van der Waals surface area contributed by atoms with E-state index in [2.05, 4.69) is 30.9 Å². The third kappa shape index (κ3) is 3.83. The van der Waals surface area contributed by atoms with Crippen molar-refractivity contribution in [3.8, 4) is 11.5 Å². The average molecular weight is 422 g/mol. The van der Waals surface area contributed by atoms with Gasteiger partial charge in [0.25, 0.3) is 0 Å². The van der Waals surface area contributed by atoms with Crippen molar-refractivity contribution >= 4 is 22.6 Å². The molecule has 0 radical (unpaired) electrons. The summed E-state index contributed by atoms with van der Waals surface area (Å²) in [4.78, 5) is 29.5. The molecule has 7 nitrogen and oxygen atoms in total. The second-order valence-corrected chi connectivity index (χ2v) is 8.09. The Morgan fingerprint density at radius 1 is 1.03 bits per heavy atom. The van der Waals surface area contributed by atoms with Gasteiger partial charge in [-0.15, -0.1) is 0 Å². The van der Waals surface area contributed by atoms with Gasteiger partial charge < -0.3 is 24.4 Å². The summed E-state index contributed by atoms with van der Waals surface area (Å²) >= 11 is 0. The number of amides is 1. The highest BCUT2D eigenvalue weighted by molar-refractivity contribution is 5.90. The van der Waals surface area contributed by atoms with E-state index in [1.807, 2.05) is 6.07 Å². The van der Waals surface area contributed by atoms with E-state index < -0.39 is 5.63 Å². The van der Waals surface area contributed by atoms with E-state index in [0.29, 0.717) is 24.0 Å². The van der Waals surface area contributed by atoms with Crippen LogP contribution in [-0.4, -0.2) is 47.2 Å². The molecule has 0 atom stereocenters. The number of hydrogen-bond acceptors (Lipinski definition) is 6. The second kappa shape index (κ2) is 7.98. The fourth-order valence-corrected chi connectivity index (χ4v) is 4.25. The highest BCUT2D eigenvalue weighted by atomic mass is 16.4. The fourth-order valence-electron chi connectivity index (χ4n) is 4.25. The van der Waals surface area contributed by atoms with E-state index in [0.717, 1.165) is 13.1 Å². The topological polar surface area (TPSA) is 94.2 Å². The van der Waals surface area contributed by atoms with Crippen LogP contribution in [0.25, 0.3) is 11.0 Å². The predicted molar refractivity (Wildman–Crippen MR) is 119 cm³/mol. The third-order valence-electron chi connectivity index (χ3n) is 6.22. The maximum absolute atomic E-state index is 12.9. The van der Waals surface area contributed by atoms with Gasteiger partial charge in [-0.2, -0.15) is 0 Å². The first-order chi connectivity index (χ1) is 14.8. The summed E-state index contributed by atoms with van der Waals surface area (Å²) in [7, 11) is 0. The Morgan fingerprint density at radius 2 is 1.74 bits per heavy atom. The monoisotopic (exact) mass is 422 g/mol. The Balaban J connectivity index is 1.51. The molecule has 0 spiro atoms. The van der Waals surface area contributed by atoms with Crippen molar-refractivity contribution in [2.24, 2.45) is 0 Å². The molecule has 0 unspecified atom stereocenters. The molecule has 2 heterocycles. The molecule has 0 saturated carbocycles. The van der Waals surface area contributed by atoms with Gasteiger partial charge in [0.1, 0.15) is 17.1 Å². The van der Waals surface area contributed by atoms with E-state index in [-0.39, 0.29) is 35.0 Å². The number of anilines is 1. The van der Waals surface area contributed by atoms with Gasteiger partial charge in [-0.1, -0.05) is 12.1 Å². The van der Waals surface area contributed by atoms with Crippen LogP contribution in [0.2, 0.25) is 0 Å². The molecular weight excluding hydrogens is 396 g/mol. The predicted octanol–water partition coefficient (Wildman–Crippen LogP) is 3.02. The van der Waals surface area contributed by atoms with Crippen LogP contribution < -0.4 is 10.5 Å². The number of nitrogens with zero attached hydrogens (tertiary/aromatic N) is 2. The number of aromatic hydroxyl groups is 2. The molecule has 4 rings (SSSR count). The lowest BCUT2D eigenvalue weighted by atomic mass is 10.0. The lowest BCUT2D eigenvalue weighted by Gasteiger charge is -2.37. The van der Waals surface area contributed by atoms with Crippen LogP contribution in [0, 0.1) is 20.8 Å². The third-order valence-corrected chi connectivity index (χ3v) is 6.22. The Morgan fingerprint density at radius 3 is 2.45 bits per heavy atom. The summed E-state index contributed by atoms with van der Waals surface area (Å²) in [6, 6.07) is 8.71. The Hall–Kier alpha value is -3.48. The van der Waals surface area contributed by atoms with Gasteiger partial charge in [0, 0.05) is 44.0 Å². The molecule has 162 valence electrons. The zero-order valence-electron chi connectivity index (χ0n) is 17.9. The number of carbonyl (C=O) groups excluding carboxylic acids is 1. The second-order valence-electron chi connectivity index (χ2n) is 8.09. The van der Waals surface area contributed by atoms with Crippen LogP contribution in [0.15, 0.2) is 39.5 Å². The fraction of sp³-hybridized carbons (Fsp3) is 0.333. The molecule has 1 aliphatic heterocycles. The van der Waals surface area contributed by atoms with Crippen LogP contribution in [-0.2, 0) is 11.2 Å². The van der Waals surface area contributed by atoms with E-state index in [9.17, 15) is 19.8 Å². The SMILES string of the molecule is Cc1cccc(N2CCN(C(=O)Cc3c(C)c4c(O)cc(O)cc4oc3=O)CC2)c1C. The molecule has 0 aliphatic carbocycles. The molecule has 3 aromatic rings. The molecule has 31 heavy (non-hydrogen) atoms. The first kappa shape index (κ1) is 20.8. The van der Waals surface area contributed by atoms with Gasteiger partial charge in [0.05, 0.1) is 17.4 Å². The summed E-state index contributed by atoms with van der Waals surface area (Å²) in [6.45, 7) is 8.47. The Kier molecular flexibility index (Phi) is 5.35. The van der Waals surface area contributed by atoms with E-state index in [1.54, 1.807) is 11.8 Å². The lowest BCUT2D eigenvalue weighted by Crippen LogP contribution is -2.49. The van der Waals surface area contributed by atoms with Crippen LogP contribution in [0.5, 0.6) is 11.5 Å². The van der Waals surface area contributed by atoms with Gasteiger partial charge in [0.2, 0.25) is 5.91 Å². The quantitative estimate of drug-likeness (QED) is 0.630. The number of hydrogen-bond donors (Lipinski definition) is 2. The van der Waals surface area contributed by atoms with Crippen LogP contribution in [0.3, 0.4) is 0 Å². The molecule has 2 aromatic carbocycles. The molecule has 1 fully saturated rings. The van der Waals surface area contributed by atoms with Crippen molar-refractivity contribution in [3.05, 3.63) is 63.0 Å². The van der Waals surface area contributed by atoms with Gasteiger partial charge in [0.15, 0.2) is 0 Å². The van der Waals surface area contributed by atoms with Crippen LogP contribution in [0.4, 0.5) is 5.69 Å². The van der Waals surface area contributed by atoms with Gasteiger partial charge in [-0.05, 0) is 43.5 Å². The van der Waals surface area contributed by atoms with E-state index >= 15 is 0 Å². The number of aryl methyl sites for hydroxylation is 2. The number of benzene rings is 2. The number of piperazine rings is 1. The Labute approximate surface area is 180 Å². The lowest BCUT2D eigenvalue weighted by molar-refractivity contribution is -0.130. The first-order valence-corrected chi connectivity index (χ1v) is 10.3. The molecule has 1 aliphatic rings. The van der Waals surface area contributed by atoms with Gasteiger partial charge in [-0.3, -0.25) is 4.79 Å². The molecule has 0 bridgehead atoms. The molecule has 1 aromatic heterocycles. The molecule has 2 N–H and O–H groups in total. The minimum absolute atomic E-state index is 0.0894. The maximum atomic E-state index is 12.9. The first-order valence-electron chi connectivity index (χ1n) is 10.3. The van der Waals surface area contributed by atoms with Crippen molar-refractivity contribution in [2.75, 3.05) is 31.1 Å². The minimum Gasteiger partial charge on any atom is -0.508 e. The minimum atomic E-state index is -0.627. The average Bonchev–Trinajstić information content (AvgIpc) is 2.72. The normalized spacial score (nSPS) is 14.3. The summed E-state index contributed by atoms with van der Waals surface area (Å²) in [5, 5.41) is 20.1. The zero-order valence-corrected chi connectivity index (χ0v) is 17.9. The number of carbonyl (C=O) groups is 1.